The van der Waals surface area contributed by atoms with Crippen LogP contribution in [-0.2, 0) is 21.4 Å². The molecule has 5 aliphatic rings. The number of piperidine rings is 1. The number of amides is 1. The van der Waals surface area contributed by atoms with E-state index in [4.69, 9.17) is 0 Å². The number of likely N-dealkylation sites (tertiary alicyclic amines) is 1. The predicted octanol–water partition coefficient (Wildman–Crippen LogP) is 2.44. The first-order chi connectivity index (χ1) is 15.4. The molecule has 1 aromatic carbocycles. The maximum absolute atomic E-state index is 13.4. The van der Waals surface area contributed by atoms with E-state index in [1.807, 2.05) is 6.07 Å². The van der Waals surface area contributed by atoms with Gasteiger partial charge < -0.3 is 15.5 Å². The molecule has 172 valence electrons. The summed E-state index contributed by atoms with van der Waals surface area (Å²) in [4.78, 5) is 28.7. The molecular formula is C26H34N2O4. The highest BCUT2D eigenvalue weighted by Crippen LogP contribution is 2.58. The molecule has 3 saturated carbocycles. The number of nitrogens with zero attached hydrogens (tertiary/aromatic N) is 1. The maximum Gasteiger partial charge on any atom is 0.223 e. The van der Waals surface area contributed by atoms with Crippen molar-refractivity contribution in [3.8, 4) is 5.75 Å². The second kappa shape index (κ2) is 7.29. The molecule has 4 atom stereocenters. The topological polar surface area (TPSA) is 89.9 Å². The Morgan fingerprint density at radius 1 is 1.19 bits per heavy atom. The van der Waals surface area contributed by atoms with E-state index in [0.717, 1.165) is 62.2 Å². The van der Waals surface area contributed by atoms with Gasteiger partial charge in [0.05, 0.1) is 11.6 Å². The number of rotatable bonds is 4. The highest BCUT2D eigenvalue weighted by atomic mass is 16.3. The predicted molar refractivity (Wildman–Crippen MR) is 119 cm³/mol. The van der Waals surface area contributed by atoms with Crippen LogP contribution in [0.4, 0.5) is 0 Å². The molecule has 1 amide bonds. The zero-order valence-electron chi connectivity index (χ0n) is 18.7. The summed E-state index contributed by atoms with van der Waals surface area (Å²) >= 11 is 0. The lowest BCUT2D eigenvalue weighted by Crippen LogP contribution is -2.76. The number of phenolic OH excluding ortho intramolecular Hbond substituents is 1. The first kappa shape index (κ1) is 20.7. The van der Waals surface area contributed by atoms with Crippen LogP contribution in [0.3, 0.4) is 0 Å². The van der Waals surface area contributed by atoms with Crippen molar-refractivity contribution in [1.29, 1.82) is 0 Å². The minimum absolute atomic E-state index is 0.00298. The van der Waals surface area contributed by atoms with E-state index < -0.39 is 17.1 Å². The van der Waals surface area contributed by atoms with Gasteiger partial charge >= 0.3 is 0 Å². The summed E-state index contributed by atoms with van der Waals surface area (Å²) < 4.78 is 0. The number of aliphatic hydroxyl groups is 1. The third-order valence-corrected chi connectivity index (χ3v) is 9.28. The van der Waals surface area contributed by atoms with Gasteiger partial charge in [-0.1, -0.05) is 18.9 Å². The lowest BCUT2D eigenvalue weighted by atomic mass is 9.48. The zero-order valence-corrected chi connectivity index (χ0v) is 18.7. The van der Waals surface area contributed by atoms with E-state index in [0.29, 0.717) is 6.42 Å². The van der Waals surface area contributed by atoms with E-state index >= 15 is 0 Å². The van der Waals surface area contributed by atoms with Crippen LogP contribution in [0, 0.1) is 11.8 Å². The molecule has 1 aliphatic heterocycles. The first-order valence-corrected chi connectivity index (χ1v) is 12.5. The average Bonchev–Trinajstić information content (AvgIpc) is 3.40. The van der Waals surface area contributed by atoms with Crippen molar-refractivity contribution in [2.75, 3.05) is 13.1 Å². The Morgan fingerprint density at radius 2 is 1.97 bits per heavy atom. The summed E-state index contributed by atoms with van der Waals surface area (Å²) in [6, 6.07) is 4.78. The van der Waals surface area contributed by atoms with Crippen molar-refractivity contribution < 1.29 is 19.8 Å². The molecule has 6 heteroatoms. The van der Waals surface area contributed by atoms with Gasteiger partial charge in [0.15, 0.2) is 5.78 Å². The second-order valence-corrected chi connectivity index (χ2v) is 11.1. The minimum Gasteiger partial charge on any atom is -0.508 e. The van der Waals surface area contributed by atoms with E-state index in [1.165, 1.54) is 12.8 Å². The number of carbonyl (C=O) groups excluding carboxylic acids is 2. The number of phenols is 1. The van der Waals surface area contributed by atoms with Gasteiger partial charge in [0, 0.05) is 36.8 Å². The summed E-state index contributed by atoms with van der Waals surface area (Å²) in [5.74, 6) is 0.905. The molecular weight excluding hydrogens is 404 g/mol. The van der Waals surface area contributed by atoms with Crippen molar-refractivity contribution in [2.45, 2.75) is 87.3 Å². The first-order valence-electron chi connectivity index (χ1n) is 12.5. The molecule has 0 unspecified atom stereocenters. The van der Waals surface area contributed by atoms with Gasteiger partial charge in [-0.3, -0.25) is 14.5 Å². The number of hydrogen-bond donors (Lipinski definition) is 3. The summed E-state index contributed by atoms with van der Waals surface area (Å²) in [5, 5.41) is 25.7. The number of carbonyl (C=O) groups is 2. The molecule has 32 heavy (non-hydrogen) atoms. The van der Waals surface area contributed by atoms with Crippen molar-refractivity contribution >= 4 is 11.7 Å². The number of aromatic hydroxyl groups is 1. The van der Waals surface area contributed by atoms with Gasteiger partial charge in [-0.05, 0) is 74.2 Å². The van der Waals surface area contributed by atoms with E-state index in [-0.39, 0.29) is 42.2 Å². The molecule has 2 bridgehead atoms. The Kier molecular flexibility index (Phi) is 4.71. The van der Waals surface area contributed by atoms with Gasteiger partial charge in [-0.15, -0.1) is 0 Å². The zero-order chi connectivity index (χ0) is 22.1. The van der Waals surface area contributed by atoms with Crippen LogP contribution in [0.15, 0.2) is 18.2 Å². The SMILES string of the molecule is O=C(N[C@H]1C[C@@]2(O)[C@H]3Cc4ccc(O)cc4[C@@]2(CCN3CC2CC2)CC1=O)C1CCCC1. The average molecular weight is 439 g/mol. The highest BCUT2D eigenvalue weighted by molar-refractivity contribution is 5.92. The number of benzene rings is 1. The van der Waals surface area contributed by atoms with Crippen LogP contribution in [0.2, 0.25) is 0 Å². The fourth-order valence-corrected chi connectivity index (χ4v) is 7.36. The van der Waals surface area contributed by atoms with Crippen LogP contribution in [0.1, 0.15) is 68.9 Å². The van der Waals surface area contributed by atoms with Crippen molar-refractivity contribution in [2.24, 2.45) is 11.8 Å². The van der Waals surface area contributed by atoms with Crippen LogP contribution in [-0.4, -0.2) is 57.6 Å². The molecule has 3 N–H and O–H groups in total. The maximum atomic E-state index is 13.4. The Bertz CT molecular complexity index is 953. The molecule has 6 rings (SSSR count). The lowest BCUT2D eigenvalue weighted by Gasteiger charge is -2.64. The minimum atomic E-state index is -1.09. The molecule has 6 nitrogen and oxygen atoms in total. The second-order valence-electron chi connectivity index (χ2n) is 11.1. The van der Waals surface area contributed by atoms with Crippen molar-refractivity contribution in [1.82, 2.24) is 10.2 Å². The molecule has 4 fully saturated rings. The third kappa shape index (κ3) is 3.06. The Labute approximate surface area is 189 Å². The van der Waals surface area contributed by atoms with Crippen LogP contribution in [0.5, 0.6) is 5.75 Å². The number of Topliss-reactive ketones (excluding diaryl/α,β-unsaturated/α-hetero) is 1. The molecule has 4 aliphatic carbocycles. The van der Waals surface area contributed by atoms with Crippen LogP contribution >= 0.6 is 0 Å². The molecule has 0 spiro atoms. The summed E-state index contributed by atoms with van der Waals surface area (Å²) in [6.07, 6.45) is 8.37. The van der Waals surface area contributed by atoms with Gasteiger partial charge in [0.25, 0.3) is 0 Å². The Morgan fingerprint density at radius 3 is 2.72 bits per heavy atom. The molecule has 0 radical (unpaired) electrons. The molecule has 1 aromatic rings. The summed E-state index contributed by atoms with van der Waals surface area (Å²) in [5.41, 5.74) is 0.300. The van der Waals surface area contributed by atoms with E-state index in [2.05, 4.69) is 10.2 Å². The van der Waals surface area contributed by atoms with Crippen molar-refractivity contribution in [3.05, 3.63) is 29.3 Å². The molecule has 1 saturated heterocycles. The fourth-order valence-electron chi connectivity index (χ4n) is 7.36. The smallest absolute Gasteiger partial charge is 0.223 e. The number of ketones is 1. The van der Waals surface area contributed by atoms with Gasteiger partial charge in [0.2, 0.25) is 5.91 Å². The Hall–Kier alpha value is -1.92. The van der Waals surface area contributed by atoms with Crippen LogP contribution < -0.4 is 5.32 Å². The Balaban J connectivity index is 1.36. The van der Waals surface area contributed by atoms with Gasteiger partial charge in [-0.2, -0.15) is 0 Å². The number of nitrogens with one attached hydrogen (secondary N) is 1. The monoisotopic (exact) mass is 438 g/mol. The van der Waals surface area contributed by atoms with Gasteiger partial charge in [-0.25, -0.2) is 0 Å². The number of fused-ring (bicyclic) bond motifs is 1. The quantitative estimate of drug-likeness (QED) is 0.672. The van der Waals surface area contributed by atoms with E-state index in [9.17, 15) is 19.8 Å². The number of hydrogen-bond acceptors (Lipinski definition) is 5. The highest BCUT2D eigenvalue weighted by Gasteiger charge is 2.66. The third-order valence-electron chi connectivity index (χ3n) is 9.28. The largest absolute Gasteiger partial charge is 0.508 e. The van der Waals surface area contributed by atoms with Crippen molar-refractivity contribution in [3.63, 3.8) is 0 Å². The summed E-state index contributed by atoms with van der Waals surface area (Å²) in [7, 11) is 0. The fraction of sp³-hybridized carbons (Fsp3) is 0.692. The molecule has 0 aromatic heterocycles. The lowest BCUT2D eigenvalue weighted by molar-refractivity contribution is -0.178. The normalized spacial score (nSPS) is 37.1. The van der Waals surface area contributed by atoms with E-state index in [1.54, 1.807) is 12.1 Å². The standard InChI is InChI=1S/C26H34N2O4/c29-19-8-7-18-11-23-26(32)13-21(27-24(31)17-3-1-2-4-17)22(30)14-25(26,20(18)12-19)9-10-28(23)15-16-5-6-16/h7-8,12,16-17,21,23,29,32H,1-6,9-11,13-15H2,(H,27,31)/t21-,23+,25+,26+/m0/s1. The summed E-state index contributed by atoms with van der Waals surface area (Å²) in [6.45, 7) is 1.87. The van der Waals surface area contributed by atoms with Gasteiger partial charge in [0.1, 0.15) is 5.75 Å². The van der Waals surface area contributed by atoms with Crippen LogP contribution in [0.25, 0.3) is 0 Å². The molecule has 1 heterocycles.